The molecular formula is C21H18O4S. The van der Waals surface area contributed by atoms with Gasteiger partial charge in [-0.3, -0.25) is 4.79 Å². The van der Waals surface area contributed by atoms with E-state index in [1.54, 1.807) is 60.7 Å². The molecular weight excluding hydrogens is 348 g/mol. The predicted molar refractivity (Wildman–Crippen MR) is 99.4 cm³/mol. The Bertz CT molecular complexity index is 979. The highest BCUT2D eigenvalue weighted by molar-refractivity contribution is 7.86. The molecule has 3 aromatic carbocycles. The van der Waals surface area contributed by atoms with Crippen molar-refractivity contribution in [2.75, 3.05) is 0 Å². The lowest BCUT2D eigenvalue weighted by molar-refractivity contribution is 0.0801. The lowest BCUT2D eigenvalue weighted by Gasteiger charge is -2.17. The summed E-state index contributed by atoms with van der Waals surface area (Å²) in [4.78, 5) is 13.0. The van der Waals surface area contributed by atoms with Gasteiger partial charge in [0.1, 0.15) is 0 Å². The van der Waals surface area contributed by atoms with E-state index in [0.717, 1.165) is 5.56 Å². The van der Waals surface area contributed by atoms with Gasteiger partial charge in [-0.25, -0.2) is 4.18 Å². The smallest absolute Gasteiger partial charge is 0.291 e. The highest BCUT2D eigenvalue weighted by Gasteiger charge is 2.29. The number of benzene rings is 3. The molecule has 0 spiro atoms. The molecule has 132 valence electrons. The van der Waals surface area contributed by atoms with Crippen molar-refractivity contribution < 1.29 is 17.4 Å². The number of rotatable bonds is 6. The number of hydrogen-bond donors (Lipinski definition) is 0. The Morgan fingerprint density at radius 3 is 1.92 bits per heavy atom. The zero-order chi connectivity index (χ0) is 18.6. The quantitative estimate of drug-likeness (QED) is 0.481. The average Bonchev–Trinajstić information content (AvgIpc) is 2.68. The summed E-state index contributed by atoms with van der Waals surface area (Å²) in [6.45, 7) is 1.92. The lowest BCUT2D eigenvalue weighted by Crippen LogP contribution is -2.20. The van der Waals surface area contributed by atoms with E-state index in [0.29, 0.717) is 11.1 Å². The van der Waals surface area contributed by atoms with Crippen LogP contribution < -0.4 is 0 Å². The van der Waals surface area contributed by atoms with E-state index >= 15 is 0 Å². The maximum Gasteiger partial charge on any atom is 0.298 e. The summed E-state index contributed by atoms with van der Waals surface area (Å²) < 4.78 is 30.7. The summed E-state index contributed by atoms with van der Waals surface area (Å²) in [7, 11) is -4.09. The minimum absolute atomic E-state index is 0.0120. The minimum atomic E-state index is -4.09. The molecule has 0 fully saturated rings. The number of carbonyl (C=O) groups is 1. The largest absolute Gasteiger partial charge is 0.298 e. The molecule has 0 amide bonds. The first-order chi connectivity index (χ1) is 12.5. The van der Waals surface area contributed by atoms with Crippen LogP contribution in [0.1, 0.15) is 27.6 Å². The maximum atomic E-state index is 12.9. The summed E-state index contributed by atoms with van der Waals surface area (Å²) in [5.74, 6) is -0.408. The van der Waals surface area contributed by atoms with Crippen molar-refractivity contribution in [1.82, 2.24) is 0 Å². The van der Waals surface area contributed by atoms with Gasteiger partial charge in [-0.15, -0.1) is 0 Å². The Morgan fingerprint density at radius 1 is 0.808 bits per heavy atom. The van der Waals surface area contributed by atoms with Crippen LogP contribution in [-0.2, 0) is 14.3 Å². The molecule has 0 saturated carbocycles. The molecule has 1 unspecified atom stereocenters. The summed E-state index contributed by atoms with van der Waals surface area (Å²) in [5, 5.41) is 0. The molecule has 0 aliphatic rings. The van der Waals surface area contributed by atoms with Crippen LogP contribution in [0.3, 0.4) is 0 Å². The van der Waals surface area contributed by atoms with Crippen LogP contribution in [0.4, 0.5) is 0 Å². The summed E-state index contributed by atoms with van der Waals surface area (Å²) in [6.07, 6.45) is -1.25. The molecule has 0 aliphatic carbocycles. The molecule has 0 bridgehead atoms. The standard InChI is InChI=1S/C21H18O4S/c1-16-12-14-18(15-13-16)21(20(22)17-8-4-2-5-9-17)25-26(23,24)19-10-6-3-7-11-19/h2-15,21H,1H3. The third kappa shape index (κ3) is 4.07. The first-order valence-electron chi connectivity index (χ1n) is 8.11. The van der Waals surface area contributed by atoms with E-state index in [1.165, 1.54) is 12.1 Å². The van der Waals surface area contributed by atoms with Crippen LogP contribution in [0.25, 0.3) is 0 Å². The Morgan fingerprint density at radius 2 is 1.35 bits per heavy atom. The first kappa shape index (κ1) is 18.0. The Hall–Kier alpha value is -2.76. The van der Waals surface area contributed by atoms with Gasteiger partial charge in [-0.2, -0.15) is 8.42 Å². The average molecular weight is 366 g/mol. The molecule has 1 atom stereocenters. The second-order valence-corrected chi connectivity index (χ2v) is 7.46. The van der Waals surface area contributed by atoms with Crippen LogP contribution in [0, 0.1) is 6.92 Å². The highest BCUT2D eigenvalue weighted by Crippen LogP contribution is 2.27. The van der Waals surface area contributed by atoms with Gasteiger partial charge in [0.15, 0.2) is 11.9 Å². The van der Waals surface area contributed by atoms with Gasteiger partial charge in [0, 0.05) is 5.56 Å². The fraction of sp³-hybridized carbons (Fsp3) is 0.0952. The molecule has 0 N–H and O–H groups in total. The van der Waals surface area contributed by atoms with Gasteiger partial charge in [0.05, 0.1) is 4.90 Å². The molecule has 0 aliphatic heterocycles. The predicted octanol–water partition coefficient (Wildman–Crippen LogP) is 4.32. The lowest BCUT2D eigenvalue weighted by atomic mass is 9.99. The van der Waals surface area contributed by atoms with Gasteiger partial charge < -0.3 is 0 Å². The van der Waals surface area contributed by atoms with Crippen LogP contribution in [-0.4, -0.2) is 14.2 Å². The molecule has 0 heterocycles. The van der Waals surface area contributed by atoms with E-state index < -0.39 is 22.0 Å². The van der Waals surface area contributed by atoms with Crippen molar-refractivity contribution in [3.05, 3.63) is 102 Å². The second kappa shape index (κ2) is 7.64. The zero-order valence-electron chi connectivity index (χ0n) is 14.2. The highest BCUT2D eigenvalue weighted by atomic mass is 32.2. The fourth-order valence-corrected chi connectivity index (χ4v) is 3.57. The molecule has 4 nitrogen and oxygen atoms in total. The van der Waals surface area contributed by atoms with Gasteiger partial charge in [0.25, 0.3) is 10.1 Å². The van der Waals surface area contributed by atoms with Crippen molar-refractivity contribution in [1.29, 1.82) is 0 Å². The Balaban J connectivity index is 2.01. The van der Waals surface area contributed by atoms with Crippen LogP contribution in [0.2, 0.25) is 0 Å². The Kier molecular flexibility index (Phi) is 5.30. The van der Waals surface area contributed by atoms with Crippen molar-refractivity contribution in [3.63, 3.8) is 0 Å². The molecule has 3 aromatic rings. The van der Waals surface area contributed by atoms with Crippen molar-refractivity contribution in [3.8, 4) is 0 Å². The van der Waals surface area contributed by atoms with E-state index in [2.05, 4.69) is 0 Å². The van der Waals surface area contributed by atoms with E-state index in [1.807, 2.05) is 19.1 Å². The second-order valence-electron chi connectivity index (χ2n) is 5.88. The summed E-state index contributed by atoms with van der Waals surface area (Å²) >= 11 is 0. The van der Waals surface area contributed by atoms with Crippen molar-refractivity contribution in [2.24, 2.45) is 0 Å². The minimum Gasteiger partial charge on any atom is -0.291 e. The number of carbonyl (C=O) groups excluding carboxylic acids is 1. The van der Waals surface area contributed by atoms with E-state index in [-0.39, 0.29) is 4.90 Å². The van der Waals surface area contributed by atoms with Crippen LogP contribution >= 0.6 is 0 Å². The topological polar surface area (TPSA) is 60.4 Å². The normalized spacial score (nSPS) is 12.5. The van der Waals surface area contributed by atoms with Gasteiger partial charge >= 0.3 is 0 Å². The molecule has 0 saturated heterocycles. The first-order valence-corrected chi connectivity index (χ1v) is 9.52. The third-order valence-corrected chi connectivity index (χ3v) is 5.23. The van der Waals surface area contributed by atoms with Gasteiger partial charge in [-0.05, 0) is 24.6 Å². The van der Waals surface area contributed by atoms with Gasteiger partial charge in [-0.1, -0.05) is 78.4 Å². The number of aryl methyl sites for hydroxylation is 1. The maximum absolute atomic E-state index is 12.9. The SMILES string of the molecule is Cc1ccc(C(OS(=O)(=O)c2ccccc2)C(=O)c2ccccc2)cc1. The molecule has 0 aromatic heterocycles. The molecule has 26 heavy (non-hydrogen) atoms. The molecule has 5 heteroatoms. The number of ketones is 1. The zero-order valence-corrected chi connectivity index (χ0v) is 15.0. The van der Waals surface area contributed by atoms with E-state index in [4.69, 9.17) is 4.18 Å². The monoisotopic (exact) mass is 366 g/mol. The third-order valence-electron chi connectivity index (χ3n) is 3.93. The van der Waals surface area contributed by atoms with Crippen molar-refractivity contribution in [2.45, 2.75) is 17.9 Å². The fourth-order valence-electron chi connectivity index (χ4n) is 2.52. The van der Waals surface area contributed by atoms with Crippen LogP contribution in [0.5, 0.6) is 0 Å². The summed E-state index contributed by atoms with van der Waals surface area (Å²) in [6, 6.07) is 23.4. The molecule has 0 radical (unpaired) electrons. The van der Waals surface area contributed by atoms with Gasteiger partial charge in [0.2, 0.25) is 0 Å². The van der Waals surface area contributed by atoms with E-state index in [9.17, 15) is 13.2 Å². The summed E-state index contributed by atoms with van der Waals surface area (Å²) in [5.41, 5.74) is 1.89. The number of Topliss-reactive ketones (excluding diaryl/α,β-unsaturated/α-hetero) is 1. The molecule has 3 rings (SSSR count). The van der Waals surface area contributed by atoms with Crippen molar-refractivity contribution >= 4 is 15.9 Å². The number of hydrogen-bond acceptors (Lipinski definition) is 4. The van der Waals surface area contributed by atoms with Crippen LogP contribution in [0.15, 0.2) is 89.8 Å². The Labute approximate surface area is 153 Å².